The van der Waals surface area contributed by atoms with E-state index < -0.39 is 5.97 Å². The van der Waals surface area contributed by atoms with Crippen LogP contribution in [0, 0.1) is 11.8 Å². The van der Waals surface area contributed by atoms with E-state index in [4.69, 9.17) is 9.84 Å². The number of carboxylic acids is 1. The Labute approximate surface area is 142 Å². The Bertz CT molecular complexity index is 566. The van der Waals surface area contributed by atoms with Crippen LogP contribution in [-0.2, 0) is 14.3 Å². The third-order valence-electron chi connectivity index (χ3n) is 5.21. The first kappa shape index (κ1) is 17.0. The minimum absolute atomic E-state index is 0.0438. The second-order valence-electron chi connectivity index (χ2n) is 6.85. The number of carbonyl (C=O) groups excluding carboxylic acids is 1. The van der Waals surface area contributed by atoms with Crippen LogP contribution >= 0.6 is 0 Å². The molecule has 2 N–H and O–H groups in total. The van der Waals surface area contributed by atoms with Crippen molar-refractivity contribution in [3.05, 3.63) is 35.9 Å². The van der Waals surface area contributed by atoms with Gasteiger partial charge in [0.25, 0.3) is 0 Å². The molecule has 1 saturated carbocycles. The maximum atomic E-state index is 12.8. The van der Waals surface area contributed by atoms with Crippen molar-refractivity contribution in [2.45, 2.75) is 50.7 Å². The van der Waals surface area contributed by atoms with Gasteiger partial charge in [0.1, 0.15) is 0 Å². The molecule has 1 aliphatic heterocycles. The summed E-state index contributed by atoms with van der Waals surface area (Å²) in [4.78, 5) is 23.8. The Kier molecular flexibility index (Phi) is 5.51. The van der Waals surface area contributed by atoms with Gasteiger partial charge in [0.15, 0.2) is 0 Å². The molecule has 0 aromatic heterocycles. The number of carboxylic acid groups (broad SMARTS) is 1. The van der Waals surface area contributed by atoms with E-state index in [1.54, 1.807) is 0 Å². The zero-order chi connectivity index (χ0) is 16.9. The number of aliphatic carboxylic acids is 1. The number of amides is 1. The summed E-state index contributed by atoms with van der Waals surface area (Å²) in [6, 6.07) is 10.0. The lowest BCUT2D eigenvalue weighted by atomic mass is 9.84. The highest BCUT2D eigenvalue weighted by Gasteiger charge is 2.35. The third-order valence-corrected chi connectivity index (χ3v) is 5.21. The molecule has 5 heteroatoms. The second kappa shape index (κ2) is 7.79. The van der Waals surface area contributed by atoms with E-state index in [1.165, 1.54) is 0 Å². The fourth-order valence-electron chi connectivity index (χ4n) is 3.81. The van der Waals surface area contributed by atoms with Crippen molar-refractivity contribution in [2.24, 2.45) is 11.8 Å². The maximum Gasteiger partial charge on any atom is 0.306 e. The van der Waals surface area contributed by atoms with Crippen LogP contribution in [0.25, 0.3) is 0 Å². The molecule has 1 heterocycles. The maximum absolute atomic E-state index is 12.8. The van der Waals surface area contributed by atoms with Gasteiger partial charge in [-0.15, -0.1) is 0 Å². The van der Waals surface area contributed by atoms with Gasteiger partial charge in [-0.05, 0) is 44.1 Å². The lowest BCUT2D eigenvalue weighted by Crippen LogP contribution is -2.44. The Balaban J connectivity index is 1.60. The summed E-state index contributed by atoms with van der Waals surface area (Å²) in [5.41, 5.74) is 1.05. The minimum Gasteiger partial charge on any atom is -0.481 e. The summed E-state index contributed by atoms with van der Waals surface area (Å²) in [7, 11) is 0. The zero-order valence-electron chi connectivity index (χ0n) is 13.8. The molecule has 5 nitrogen and oxygen atoms in total. The topological polar surface area (TPSA) is 75.6 Å². The van der Waals surface area contributed by atoms with Crippen molar-refractivity contribution in [2.75, 3.05) is 6.61 Å². The summed E-state index contributed by atoms with van der Waals surface area (Å²) in [5.74, 6) is -1.10. The predicted molar refractivity (Wildman–Crippen MR) is 89.4 cm³/mol. The number of benzene rings is 1. The average Bonchev–Trinajstić information content (AvgIpc) is 2.63. The van der Waals surface area contributed by atoms with Crippen LogP contribution in [0.1, 0.15) is 50.2 Å². The van der Waals surface area contributed by atoms with Gasteiger partial charge in [-0.1, -0.05) is 30.3 Å². The van der Waals surface area contributed by atoms with E-state index in [2.05, 4.69) is 5.32 Å². The molecule has 2 unspecified atom stereocenters. The number of nitrogens with one attached hydrogen (secondary N) is 1. The molecule has 1 saturated heterocycles. The van der Waals surface area contributed by atoms with Crippen LogP contribution < -0.4 is 5.32 Å². The summed E-state index contributed by atoms with van der Waals surface area (Å²) >= 11 is 0. The SMILES string of the molecule is O=C(O)C1CCC(NC(=O)C2CCCOC2c2ccccc2)CC1. The molecule has 0 radical (unpaired) electrons. The lowest BCUT2D eigenvalue weighted by Gasteiger charge is -2.33. The molecular weight excluding hydrogens is 306 g/mol. The van der Waals surface area contributed by atoms with Crippen LogP contribution in [0.5, 0.6) is 0 Å². The lowest BCUT2D eigenvalue weighted by molar-refractivity contribution is -0.143. The number of carbonyl (C=O) groups is 2. The monoisotopic (exact) mass is 331 g/mol. The molecule has 2 aliphatic rings. The molecule has 130 valence electrons. The number of rotatable bonds is 4. The minimum atomic E-state index is -0.718. The van der Waals surface area contributed by atoms with Crippen molar-refractivity contribution < 1.29 is 19.4 Å². The largest absolute Gasteiger partial charge is 0.481 e. The molecule has 3 rings (SSSR count). The van der Waals surface area contributed by atoms with Crippen LogP contribution in [0.3, 0.4) is 0 Å². The highest BCUT2D eigenvalue weighted by molar-refractivity contribution is 5.80. The molecule has 0 spiro atoms. The van der Waals surface area contributed by atoms with Gasteiger partial charge in [-0.2, -0.15) is 0 Å². The number of ether oxygens (including phenoxy) is 1. The first-order valence-electron chi connectivity index (χ1n) is 8.85. The second-order valence-corrected chi connectivity index (χ2v) is 6.85. The van der Waals surface area contributed by atoms with E-state index in [0.29, 0.717) is 19.4 Å². The summed E-state index contributed by atoms with van der Waals surface area (Å²) in [6.07, 6.45) is 4.31. The highest BCUT2D eigenvalue weighted by atomic mass is 16.5. The molecule has 1 aromatic rings. The van der Waals surface area contributed by atoms with Gasteiger partial charge in [-0.3, -0.25) is 9.59 Å². The van der Waals surface area contributed by atoms with Crippen molar-refractivity contribution >= 4 is 11.9 Å². The fourth-order valence-corrected chi connectivity index (χ4v) is 3.81. The highest BCUT2D eigenvalue weighted by Crippen LogP contribution is 2.34. The van der Waals surface area contributed by atoms with Crippen LogP contribution in [0.2, 0.25) is 0 Å². The Morgan fingerprint density at radius 1 is 1.04 bits per heavy atom. The molecule has 0 bridgehead atoms. The average molecular weight is 331 g/mol. The van der Waals surface area contributed by atoms with Gasteiger partial charge in [0.2, 0.25) is 5.91 Å². The first-order valence-corrected chi connectivity index (χ1v) is 8.85. The van der Waals surface area contributed by atoms with Gasteiger partial charge in [0, 0.05) is 12.6 Å². The number of hydrogen-bond acceptors (Lipinski definition) is 3. The standard InChI is InChI=1S/C19H25NO4/c21-18(20-15-10-8-14(9-11-15)19(22)23)16-7-4-12-24-17(16)13-5-2-1-3-6-13/h1-3,5-6,14-17H,4,7-12H2,(H,20,21)(H,22,23). The Morgan fingerprint density at radius 3 is 2.42 bits per heavy atom. The normalized spacial score (nSPS) is 30.5. The fraction of sp³-hybridized carbons (Fsp3) is 0.579. The van der Waals surface area contributed by atoms with Gasteiger partial charge >= 0.3 is 5.97 Å². The van der Waals surface area contributed by atoms with E-state index in [0.717, 1.165) is 31.2 Å². The van der Waals surface area contributed by atoms with Gasteiger partial charge < -0.3 is 15.2 Å². The molecule has 1 amide bonds. The molecule has 2 fully saturated rings. The van der Waals surface area contributed by atoms with Crippen molar-refractivity contribution in [1.82, 2.24) is 5.32 Å². The van der Waals surface area contributed by atoms with Crippen molar-refractivity contribution in [3.8, 4) is 0 Å². The Morgan fingerprint density at radius 2 is 1.75 bits per heavy atom. The van der Waals surface area contributed by atoms with Crippen molar-refractivity contribution in [1.29, 1.82) is 0 Å². The van der Waals surface area contributed by atoms with Gasteiger partial charge in [-0.25, -0.2) is 0 Å². The summed E-state index contributed by atoms with van der Waals surface area (Å²) in [5, 5.41) is 12.2. The zero-order valence-corrected chi connectivity index (χ0v) is 13.8. The molecule has 1 aromatic carbocycles. The predicted octanol–water partition coefficient (Wildman–Crippen LogP) is 2.91. The Hall–Kier alpha value is -1.88. The van der Waals surface area contributed by atoms with Crippen LogP contribution in [-0.4, -0.2) is 29.6 Å². The van der Waals surface area contributed by atoms with Crippen molar-refractivity contribution in [3.63, 3.8) is 0 Å². The van der Waals surface area contributed by atoms with E-state index in [9.17, 15) is 9.59 Å². The van der Waals surface area contributed by atoms with E-state index in [-0.39, 0.29) is 29.9 Å². The quantitative estimate of drug-likeness (QED) is 0.889. The van der Waals surface area contributed by atoms with Crippen LogP contribution in [0.15, 0.2) is 30.3 Å². The first-order chi connectivity index (χ1) is 11.6. The molecule has 1 aliphatic carbocycles. The molecular formula is C19H25NO4. The smallest absolute Gasteiger partial charge is 0.306 e. The van der Waals surface area contributed by atoms with E-state index >= 15 is 0 Å². The third kappa shape index (κ3) is 3.96. The molecule has 24 heavy (non-hydrogen) atoms. The summed E-state index contributed by atoms with van der Waals surface area (Å²) in [6.45, 7) is 0.688. The number of hydrogen-bond donors (Lipinski definition) is 2. The molecule has 2 atom stereocenters. The van der Waals surface area contributed by atoms with Gasteiger partial charge in [0.05, 0.1) is 17.9 Å². The van der Waals surface area contributed by atoms with E-state index in [1.807, 2.05) is 30.3 Å². The summed E-state index contributed by atoms with van der Waals surface area (Å²) < 4.78 is 5.90. The van der Waals surface area contributed by atoms with Crippen LogP contribution in [0.4, 0.5) is 0 Å².